The Kier molecular flexibility index (Phi) is 2.07. The van der Waals surface area contributed by atoms with Gasteiger partial charge in [-0.15, -0.1) is 0 Å². The lowest BCUT2D eigenvalue weighted by molar-refractivity contribution is -0.140. The van der Waals surface area contributed by atoms with Gasteiger partial charge in [-0.05, 0) is 36.0 Å². The van der Waals surface area contributed by atoms with Crippen LogP contribution in [0.2, 0.25) is 0 Å². The average Bonchev–Trinajstić information content (AvgIpc) is 2.83. The van der Waals surface area contributed by atoms with Crippen LogP contribution < -0.4 is 0 Å². The largest absolute Gasteiger partial charge is 0.419 e. The third kappa shape index (κ3) is 1.85. The van der Waals surface area contributed by atoms with Gasteiger partial charge in [-0.2, -0.15) is 13.2 Å². The van der Waals surface area contributed by atoms with E-state index in [0.717, 1.165) is 18.6 Å². The molecule has 0 N–H and O–H groups in total. The summed E-state index contributed by atoms with van der Waals surface area (Å²) in [5.74, 6) is -1.21. The third-order valence-corrected chi connectivity index (χ3v) is 2.75. The number of hydrogen-bond acceptors (Lipinski definition) is 0. The summed E-state index contributed by atoms with van der Waals surface area (Å²) in [5, 5.41) is 0. The first-order chi connectivity index (χ1) is 6.83. The van der Waals surface area contributed by atoms with Crippen molar-refractivity contribution < 1.29 is 17.6 Å². The number of halogens is 4. The molecule has 1 fully saturated rings. The molecule has 0 nitrogen and oxygen atoms in total. The van der Waals surface area contributed by atoms with Gasteiger partial charge in [0.1, 0.15) is 5.82 Å². The van der Waals surface area contributed by atoms with E-state index >= 15 is 0 Å². The molecule has 0 saturated heterocycles. The number of alkyl halides is 3. The highest BCUT2D eigenvalue weighted by Gasteiger charge is 2.42. The summed E-state index contributed by atoms with van der Waals surface area (Å²) in [7, 11) is 0. The molecule has 0 amide bonds. The second kappa shape index (κ2) is 2.97. The zero-order valence-corrected chi connectivity index (χ0v) is 8.03. The lowest BCUT2D eigenvalue weighted by atomic mass is 9.96. The SMILES string of the molecule is CC1(c2ccc(F)c(C(F)(F)F)c2)[CH]C1. The Labute approximate surface area is 84.9 Å². The van der Waals surface area contributed by atoms with Gasteiger partial charge in [0.05, 0.1) is 5.56 Å². The zero-order chi connectivity index (χ0) is 11.3. The van der Waals surface area contributed by atoms with Crippen molar-refractivity contribution >= 4 is 0 Å². The van der Waals surface area contributed by atoms with Crippen LogP contribution in [-0.4, -0.2) is 0 Å². The third-order valence-electron chi connectivity index (χ3n) is 2.75. The highest BCUT2D eigenvalue weighted by Crippen LogP contribution is 2.47. The molecule has 1 unspecified atom stereocenters. The van der Waals surface area contributed by atoms with Crippen molar-refractivity contribution in [2.45, 2.75) is 24.9 Å². The van der Waals surface area contributed by atoms with Crippen LogP contribution in [0.3, 0.4) is 0 Å². The lowest BCUT2D eigenvalue weighted by Crippen LogP contribution is -2.11. The van der Waals surface area contributed by atoms with E-state index in [1.165, 1.54) is 6.07 Å². The first-order valence-electron chi connectivity index (χ1n) is 4.54. The predicted molar refractivity (Wildman–Crippen MR) is 47.7 cm³/mol. The maximum Gasteiger partial charge on any atom is 0.419 e. The molecular weight excluding hydrogens is 208 g/mol. The minimum Gasteiger partial charge on any atom is -0.206 e. The van der Waals surface area contributed by atoms with Crippen molar-refractivity contribution in [1.82, 2.24) is 0 Å². The molecule has 15 heavy (non-hydrogen) atoms. The first kappa shape index (κ1) is 10.5. The van der Waals surface area contributed by atoms with Crippen LogP contribution in [0.15, 0.2) is 18.2 Å². The summed E-state index contributed by atoms with van der Waals surface area (Å²) in [5.41, 5.74) is -0.953. The van der Waals surface area contributed by atoms with Gasteiger partial charge in [0.15, 0.2) is 0 Å². The Morgan fingerprint density at radius 2 is 1.87 bits per heavy atom. The standard InChI is InChI=1S/C11H9F4/c1-10(4-5-10)7-2-3-9(12)8(6-7)11(13,14)15/h2-4,6H,5H2,1H3. The monoisotopic (exact) mass is 217 g/mol. The summed E-state index contributed by atoms with van der Waals surface area (Å²) in [6.07, 6.45) is -1.97. The molecule has 1 aliphatic carbocycles. The van der Waals surface area contributed by atoms with Crippen LogP contribution in [0, 0.1) is 12.2 Å². The van der Waals surface area contributed by atoms with Crippen LogP contribution in [0.25, 0.3) is 0 Å². The maximum atomic E-state index is 12.9. The topological polar surface area (TPSA) is 0 Å². The van der Waals surface area contributed by atoms with Crippen LogP contribution in [0.4, 0.5) is 17.6 Å². The van der Waals surface area contributed by atoms with E-state index in [1.54, 1.807) is 0 Å². The zero-order valence-electron chi connectivity index (χ0n) is 8.03. The lowest BCUT2D eigenvalue weighted by Gasteiger charge is -2.13. The van der Waals surface area contributed by atoms with E-state index in [0.29, 0.717) is 5.56 Å². The number of benzene rings is 1. The van der Waals surface area contributed by atoms with E-state index in [9.17, 15) is 17.6 Å². The molecule has 0 spiro atoms. The van der Waals surface area contributed by atoms with E-state index in [2.05, 4.69) is 0 Å². The van der Waals surface area contributed by atoms with E-state index in [4.69, 9.17) is 0 Å². The summed E-state index contributed by atoms with van der Waals surface area (Å²) >= 11 is 0. The highest BCUT2D eigenvalue weighted by molar-refractivity contribution is 5.40. The van der Waals surface area contributed by atoms with Gasteiger partial charge in [-0.3, -0.25) is 0 Å². The van der Waals surface area contributed by atoms with Crippen molar-refractivity contribution in [1.29, 1.82) is 0 Å². The number of rotatable bonds is 1. The highest BCUT2D eigenvalue weighted by atomic mass is 19.4. The first-order valence-corrected chi connectivity index (χ1v) is 4.54. The van der Waals surface area contributed by atoms with Crippen LogP contribution in [0.1, 0.15) is 24.5 Å². The Morgan fingerprint density at radius 1 is 1.27 bits per heavy atom. The van der Waals surface area contributed by atoms with Gasteiger partial charge in [0.2, 0.25) is 0 Å². The molecule has 81 valence electrons. The van der Waals surface area contributed by atoms with Crippen molar-refractivity contribution in [3.8, 4) is 0 Å². The fraction of sp³-hybridized carbons (Fsp3) is 0.364. The molecule has 1 aromatic rings. The van der Waals surface area contributed by atoms with E-state index in [-0.39, 0.29) is 5.41 Å². The number of hydrogen-bond donors (Lipinski definition) is 0. The Hall–Kier alpha value is -1.06. The van der Waals surface area contributed by atoms with E-state index < -0.39 is 17.6 Å². The minimum absolute atomic E-state index is 0.298. The summed E-state index contributed by atoms with van der Waals surface area (Å²) in [4.78, 5) is 0. The second-order valence-electron chi connectivity index (χ2n) is 4.02. The Morgan fingerprint density at radius 3 is 2.33 bits per heavy atom. The molecule has 0 heterocycles. The molecular formula is C11H9F4. The van der Waals surface area contributed by atoms with Crippen LogP contribution in [-0.2, 0) is 11.6 Å². The van der Waals surface area contributed by atoms with Crippen molar-refractivity contribution in [3.05, 3.63) is 41.6 Å². The van der Waals surface area contributed by atoms with Crippen LogP contribution in [0.5, 0.6) is 0 Å². The van der Waals surface area contributed by atoms with Crippen molar-refractivity contribution in [2.75, 3.05) is 0 Å². The molecule has 0 bridgehead atoms. The molecule has 2 rings (SSSR count). The molecule has 1 radical (unpaired) electrons. The van der Waals surface area contributed by atoms with Gasteiger partial charge >= 0.3 is 6.18 Å². The fourth-order valence-electron chi connectivity index (χ4n) is 1.49. The predicted octanol–water partition coefficient (Wildman–Crippen LogP) is 3.71. The van der Waals surface area contributed by atoms with Crippen LogP contribution >= 0.6 is 0 Å². The molecule has 1 atom stereocenters. The Balaban J connectivity index is 2.46. The smallest absolute Gasteiger partial charge is 0.206 e. The van der Waals surface area contributed by atoms with Gasteiger partial charge in [0.25, 0.3) is 0 Å². The van der Waals surface area contributed by atoms with E-state index in [1.807, 2.05) is 13.3 Å². The van der Waals surface area contributed by atoms with Crippen molar-refractivity contribution in [2.24, 2.45) is 0 Å². The average molecular weight is 217 g/mol. The molecule has 1 aromatic carbocycles. The van der Waals surface area contributed by atoms with Gasteiger partial charge in [-0.1, -0.05) is 13.0 Å². The van der Waals surface area contributed by atoms with Gasteiger partial charge in [-0.25, -0.2) is 4.39 Å². The van der Waals surface area contributed by atoms with Gasteiger partial charge < -0.3 is 0 Å². The summed E-state index contributed by atoms with van der Waals surface area (Å²) in [6.45, 7) is 1.83. The van der Waals surface area contributed by atoms with Gasteiger partial charge in [0, 0.05) is 0 Å². The van der Waals surface area contributed by atoms with Crippen molar-refractivity contribution in [3.63, 3.8) is 0 Å². The normalized spacial score (nSPS) is 19.0. The fourth-order valence-corrected chi connectivity index (χ4v) is 1.49. The maximum absolute atomic E-state index is 12.9. The molecule has 1 aliphatic rings. The molecule has 1 saturated carbocycles. The quantitative estimate of drug-likeness (QED) is 0.629. The Bertz CT molecular complexity index is 388. The summed E-state index contributed by atoms with van der Waals surface area (Å²) < 4.78 is 50.1. The second-order valence-corrected chi connectivity index (χ2v) is 4.02. The molecule has 4 heteroatoms. The summed E-state index contributed by atoms with van der Waals surface area (Å²) in [6, 6.07) is 3.20. The molecule has 0 aliphatic heterocycles. The minimum atomic E-state index is -4.62. The molecule has 0 aromatic heterocycles.